The Labute approximate surface area is 361 Å². The number of ether oxygens (including phenoxy) is 2. The fourth-order valence-corrected chi connectivity index (χ4v) is 10.3. The summed E-state index contributed by atoms with van der Waals surface area (Å²) in [6.45, 7) is 14.2. The minimum absolute atomic E-state index is 0.0234. The zero-order valence-corrected chi connectivity index (χ0v) is 36.2. The minimum atomic E-state index is -0.295. The van der Waals surface area contributed by atoms with Crippen molar-refractivity contribution >= 4 is 70.2 Å². The van der Waals surface area contributed by atoms with Crippen LogP contribution >= 0.6 is 23.5 Å². The highest BCUT2D eigenvalue weighted by atomic mass is 32.2. The van der Waals surface area contributed by atoms with Gasteiger partial charge in [0.25, 0.3) is 11.8 Å². The quantitative estimate of drug-likeness (QED) is 0.187. The average Bonchev–Trinajstić information content (AvgIpc) is 3.72. The van der Waals surface area contributed by atoms with Gasteiger partial charge in [-0.15, -0.1) is 23.5 Å². The highest BCUT2D eigenvalue weighted by Crippen LogP contribution is 2.39. The van der Waals surface area contributed by atoms with E-state index in [4.69, 9.17) is 9.47 Å². The first-order valence-corrected chi connectivity index (χ1v) is 22.8. The molecule has 4 atom stereocenters. The maximum atomic E-state index is 13.4. The van der Waals surface area contributed by atoms with Crippen LogP contribution in [-0.4, -0.2) is 93.5 Å². The Morgan fingerprint density at radius 1 is 0.667 bits per heavy atom. The topological polar surface area (TPSA) is 89.6 Å². The number of anilines is 4. The van der Waals surface area contributed by atoms with Crippen LogP contribution in [0.5, 0.6) is 11.5 Å². The molecule has 0 aliphatic carbocycles. The summed E-state index contributed by atoms with van der Waals surface area (Å²) in [4.78, 5) is 36.4. The minimum Gasteiger partial charge on any atom is -0.454 e. The van der Waals surface area contributed by atoms with Crippen molar-refractivity contribution in [3.05, 3.63) is 118 Å². The van der Waals surface area contributed by atoms with E-state index >= 15 is 0 Å². The lowest BCUT2D eigenvalue weighted by Crippen LogP contribution is -2.54. The molecule has 4 fully saturated rings. The zero-order valence-electron chi connectivity index (χ0n) is 34.6. The summed E-state index contributed by atoms with van der Waals surface area (Å²) < 4.78 is 24.2. The number of hydrogen-bond acceptors (Lipinski definition) is 10. The molecule has 0 radical (unpaired) electrons. The van der Waals surface area contributed by atoms with Gasteiger partial charge >= 0.3 is 0 Å². The Bertz CT molecular complexity index is 2240. The van der Waals surface area contributed by atoms with E-state index in [9.17, 15) is 14.0 Å². The maximum absolute atomic E-state index is 13.4. The zero-order chi connectivity index (χ0) is 41.8. The molecular weight excluding hydrogens is 796 g/mol. The molecule has 0 bridgehead atoms. The monoisotopic (exact) mass is 848 g/mol. The van der Waals surface area contributed by atoms with E-state index in [1.165, 1.54) is 17.8 Å². The smallest absolute Gasteiger partial charge is 0.264 e. The number of amides is 2. The molecule has 2 amide bonds. The van der Waals surface area contributed by atoms with Crippen LogP contribution < -0.4 is 39.7 Å². The van der Waals surface area contributed by atoms with E-state index < -0.39 is 0 Å². The highest BCUT2D eigenvalue weighted by molar-refractivity contribution is 8.04. The van der Waals surface area contributed by atoms with E-state index in [0.717, 1.165) is 81.4 Å². The maximum Gasteiger partial charge on any atom is 0.264 e. The molecule has 0 aromatic heterocycles. The summed E-state index contributed by atoms with van der Waals surface area (Å²) in [6, 6.07) is 30.1. The second-order valence-electron chi connectivity index (χ2n) is 15.9. The van der Waals surface area contributed by atoms with Gasteiger partial charge in [0, 0.05) is 104 Å². The van der Waals surface area contributed by atoms with Gasteiger partial charge in [-0.3, -0.25) is 9.59 Å². The SMILES string of the molecule is CC1CN(c2ccccc2/C=C2\SCCN(c3ccc(F)cc3)C2=O)CC(C)N1.CC1CN(c2ccccc2/C=C2\SCCN(c3ccc4c(c3)OCO4)C2=O)C(C)CN1. The van der Waals surface area contributed by atoms with Gasteiger partial charge in [-0.05, 0) is 99.5 Å². The van der Waals surface area contributed by atoms with Crippen LogP contribution in [0.3, 0.4) is 0 Å². The van der Waals surface area contributed by atoms with Gasteiger partial charge < -0.3 is 39.7 Å². The molecule has 4 aromatic carbocycles. The van der Waals surface area contributed by atoms with Crippen LogP contribution in [-0.2, 0) is 9.59 Å². The molecule has 0 spiro atoms. The number of thioether (sulfide) groups is 2. The first-order chi connectivity index (χ1) is 29.1. The van der Waals surface area contributed by atoms with E-state index in [2.05, 4.69) is 90.6 Å². The van der Waals surface area contributed by atoms with Crippen LogP contribution in [0.4, 0.5) is 27.1 Å². The molecule has 60 heavy (non-hydrogen) atoms. The van der Waals surface area contributed by atoms with Crippen LogP contribution in [0, 0.1) is 5.82 Å². The van der Waals surface area contributed by atoms with Gasteiger partial charge in [-0.2, -0.15) is 0 Å². The number of carbonyl (C=O) groups is 2. The summed E-state index contributed by atoms with van der Waals surface area (Å²) >= 11 is 3.22. The molecule has 0 saturated carbocycles. The average molecular weight is 849 g/mol. The Morgan fingerprint density at radius 3 is 1.90 bits per heavy atom. The van der Waals surface area contributed by atoms with E-state index in [0.29, 0.717) is 43.0 Å². The Kier molecular flexibility index (Phi) is 13.1. The normalized spacial score (nSPS) is 24.5. The van der Waals surface area contributed by atoms with Crippen molar-refractivity contribution in [3.8, 4) is 11.5 Å². The molecule has 10 nitrogen and oxygen atoms in total. The summed E-state index contributed by atoms with van der Waals surface area (Å²) in [5.74, 6) is 2.81. The molecule has 5 aliphatic heterocycles. The van der Waals surface area contributed by atoms with Gasteiger partial charge in [0.1, 0.15) is 5.82 Å². The molecule has 4 unspecified atom stereocenters. The Balaban J connectivity index is 0.000000167. The van der Waals surface area contributed by atoms with Gasteiger partial charge in [0.05, 0.1) is 9.81 Å². The second-order valence-corrected chi connectivity index (χ2v) is 18.2. The summed E-state index contributed by atoms with van der Waals surface area (Å²) in [5.41, 5.74) is 6.08. The highest BCUT2D eigenvalue weighted by Gasteiger charge is 2.30. The van der Waals surface area contributed by atoms with Crippen molar-refractivity contribution in [2.24, 2.45) is 0 Å². The third kappa shape index (κ3) is 9.49. The predicted molar refractivity (Wildman–Crippen MR) is 246 cm³/mol. The number of hydrogen-bond donors (Lipinski definition) is 2. The molecule has 13 heteroatoms. The van der Waals surface area contributed by atoms with E-state index in [-0.39, 0.29) is 24.4 Å². The Morgan fingerprint density at radius 2 is 1.23 bits per heavy atom. The molecule has 5 aliphatic rings. The number of fused-ring (bicyclic) bond motifs is 1. The number of halogens is 1. The first kappa shape index (κ1) is 41.8. The molecule has 314 valence electrons. The van der Waals surface area contributed by atoms with Crippen molar-refractivity contribution < 1.29 is 23.5 Å². The van der Waals surface area contributed by atoms with Crippen molar-refractivity contribution in [1.29, 1.82) is 0 Å². The van der Waals surface area contributed by atoms with E-state index in [1.807, 2.05) is 41.3 Å². The molecule has 9 rings (SSSR count). The lowest BCUT2D eigenvalue weighted by molar-refractivity contribution is -0.115. The van der Waals surface area contributed by atoms with Gasteiger partial charge in [0.2, 0.25) is 6.79 Å². The molecule has 5 heterocycles. The predicted octanol–water partition coefficient (Wildman–Crippen LogP) is 7.86. The molecule has 2 N–H and O–H groups in total. The Hall–Kier alpha value is -4.95. The van der Waals surface area contributed by atoms with Crippen molar-refractivity contribution in [2.75, 3.05) is 77.2 Å². The number of carbonyl (C=O) groups excluding carboxylic acids is 2. The lowest BCUT2D eigenvalue weighted by atomic mass is 10.1. The van der Waals surface area contributed by atoms with Crippen LogP contribution in [0.25, 0.3) is 12.2 Å². The number of nitrogens with zero attached hydrogens (tertiary/aromatic N) is 4. The summed E-state index contributed by atoms with van der Waals surface area (Å²) in [7, 11) is 0. The largest absolute Gasteiger partial charge is 0.454 e. The van der Waals surface area contributed by atoms with Crippen molar-refractivity contribution in [2.45, 2.75) is 51.9 Å². The number of benzene rings is 4. The summed E-state index contributed by atoms with van der Waals surface area (Å²) in [5, 5.41) is 7.11. The van der Waals surface area contributed by atoms with E-state index in [1.54, 1.807) is 40.6 Å². The first-order valence-electron chi connectivity index (χ1n) is 20.8. The molecule has 4 saturated heterocycles. The van der Waals surface area contributed by atoms with Gasteiger partial charge in [0.15, 0.2) is 11.5 Å². The van der Waals surface area contributed by atoms with Crippen molar-refractivity contribution in [1.82, 2.24) is 10.6 Å². The summed E-state index contributed by atoms with van der Waals surface area (Å²) in [6.07, 6.45) is 4.07. The standard InChI is InChI=1S/C24H27N3O3S.C23H26FN3OS/c1-16-14-27(17(2)13-25-16)20-6-4-3-5-18(20)11-23-24(28)26(9-10-31-23)19-7-8-21-22(12-19)30-15-29-21;1-16-14-26(15-17(2)25-16)21-6-4-3-5-18(21)13-22-23(28)27(11-12-29-22)20-9-7-19(24)8-10-20/h3-8,11-12,16-17,25H,9-10,13-15H2,1-2H3;3-10,13,16-17,25H,11-12,14-15H2,1-2H3/b23-11-;22-13-. The lowest BCUT2D eigenvalue weighted by Gasteiger charge is -2.40. The number of rotatable bonds is 6. The number of nitrogens with one attached hydrogen (secondary N) is 2. The molecule has 4 aromatic rings. The third-order valence-corrected chi connectivity index (χ3v) is 13.3. The number of para-hydroxylation sites is 2. The van der Waals surface area contributed by atoms with Crippen molar-refractivity contribution in [3.63, 3.8) is 0 Å². The number of piperazine rings is 2. The van der Waals surface area contributed by atoms with Gasteiger partial charge in [-0.1, -0.05) is 36.4 Å². The van der Waals surface area contributed by atoms with Crippen LogP contribution in [0.15, 0.2) is 101 Å². The third-order valence-electron chi connectivity index (χ3n) is 11.3. The second kappa shape index (κ2) is 18.8. The fraction of sp³-hybridized carbons (Fsp3) is 0.362. The van der Waals surface area contributed by atoms with Crippen LogP contribution in [0.1, 0.15) is 38.8 Å². The fourth-order valence-electron chi connectivity index (χ4n) is 8.39. The van der Waals surface area contributed by atoms with Crippen LogP contribution in [0.2, 0.25) is 0 Å². The van der Waals surface area contributed by atoms with Gasteiger partial charge in [-0.25, -0.2) is 4.39 Å². The molecular formula is C47H53FN6O4S2.